The molecule has 6 heterocycles. The van der Waals surface area contributed by atoms with Gasteiger partial charge in [-0.2, -0.15) is 0 Å². The van der Waals surface area contributed by atoms with E-state index in [1.807, 2.05) is 61.5 Å². The molecule has 306 valence electrons. The van der Waals surface area contributed by atoms with Gasteiger partial charge in [-0.15, -0.1) is 22.7 Å². The molecular formula is C43H46N8O6S2. The van der Waals surface area contributed by atoms with Crippen LogP contribution in [0.5, 0.6) is 0 Å². The van der Waals surface area contributed by atoms with E-state index < -0.39 is 24.3 Å². The Morgan fingerprint density at radius 2 is 1.39 bits per heavy atom. The van der Waals surface area contributed by atoms with Crippen LogP contribution in [0, 0.1) is 5.92 Å². The Morgan fingerprint density at radius 3 is 2.07 bits per heavy atom. The summed E-state index contributed by atoms with van der Waals surface area (Å²) in [5.41, 5.74) is 4.48. The maximum Gasteiger partial charge on any atom is 0.407 e. The minimum atomic E-state index is -0.874. The number of imidazole rings is 2. The Morgan fingerprint density at radius 1 is 0.780 bits per heavy atom. The van der Waals surface area contributed by atoms with E-state index in [9.17, 15) is 19.2 Å². The van der Waals surface area contributed by atoms with Crippen LogP contribution in [0.4, 0.5) is 9.59 Å². The Bertz CT molecular complexity index is 2420. The van der Waals surface area contributed by atoms with E-state index in [0.717, 1.165) is 69.6 Å². The average molecular weight is 835 g/mol. The van der Waals surface area contributed by atoms with Crippen molar-refractivity contribution < 1.29 is 28.7 Å². The van der Waals surface area contributed by atoms with Crippen LogP contribution in [0.2, 0.25) is 0 Å². The quantitative estimate of drug-likeness (QED) is 0.101. The smallest absolute Gasteiger partial charge is 0.407 e. The first-order valence-corrected chi connectivity index (χ1v) is 21.3. The summed E-state index contributed by atoms with van der Waals surface area (Å²) < 4.78 is 11.9. The lowest BCUT2D eigenvalue weighted by Gasteiger charge is -2.30. The van der Waals surface area contributed by atoms with Crippen molar-refractivity contribution in [2.24, 2.45) is 5.92 Å². The number of methoxy groups -OCH3 is 2. The lowest BCUT2D eigenvalue weighted by molar-refractivity contribution is -0.135. The predicted octanol–water partition coefficient (Wildman–Crippen LogP) is 8.21. The molecule has 1 unspecified atom stereocenters. The number of ether oxygens (including phenoxy) is 2. The number of amides is 4. The van der Waals surface area contributed by atoms with Crippen LogP contribution >= 0.6 is 22.7 Å². The SMILES string of the molecule is COC(=O)N[C@H](C(=O)N1CCC[C@H]1c1ncc(-c2ccc(-c3cc4sc(-c5c[nH]c(C6CCCN6C(=O)[C@H](NC(=O)OC)c6ccccc6)n5)cc4s3)cc2)[nH]1)C(C)C. The highest BCUT2D eigenvalue weighted by Gasteiger charge is 2.39. The second-order valence-electron chi connectivity index (χ2n) is 15.1. The van der Waals surface area contributed by atoms with Gasteiger partial charge in [0.15, 0.2) is 0 Å². The summed E-state index contributed by atoms with van der Waals surface area (Å²) >= 11 is 3.41. The van der Waals surface area contributed by atoms with Crippen molar-refractivity contribution in [2.45, 2.75) is 63.7 Å². The summed E-state index contributed by atoms with van der Waals surface area (Å²) in [6, 6.07) is 20.0. The number of H-pyrrole nitrogens is 2. The number of hydrogen-bond donors (Lipinski definition) is 4. The molecule has 2 aromatic carbocycles. The Kier molecular flexibility index (Phi) is 11.5. The number of fused-ring (bicyclic) bond motifs is 1. The summed E-state index contributed by atoms with van der Waals surface area (Å²) in [4.78, 5) is 73.9. The molecule has 0 aliphatic carbocycles. The minimum absolute atomic E-state index is 0.104. The number of thiophene rings is 2. The van der Waals surface area contributed by atoms with E-state index in [0.29, 0.717) is 18.7 Å². The fraction of sp³-hybridized carbons (Fsp3) is 0.349. The summed E-state index contributed by atoms with van der Waals surface area (Å²) in [5, 5.41) is 5.42. The Labute approximate surface area is 349 Å². The summed E-state index contributed by atoms with van der Waals surface area (Å²) in [6.45, 7) is 4.96. The highest BCUT2D eigenvalue weighted by molar-refractivity contribution is 7.31. The maximum atomic E-state index is 13.9. The minimum Gasteiger partial charge on any atom is -0.453 e. The lowest BCUT2D eigenvalue weighted by atomic mass is 10.0. The number of rotatable bonds is 11. The van der Waals surface area contributed by atoms with Crippen molar-refractivity contribution in [2.75, 3.05) is 27.3 Å². The number of carbonyl (C=O) groups excluding carboxylic acids is 4. The van der Waals surface area contributed by atoms with E-state index >= 15 is 0 Å². The number of aromatic nitrogens is 4. The number of likely N-dealkylation sites (tertiary alicyclic amines) is 2. The number of benzene rings is 2. The van der Waals surface area contributed by atoms with Gasteiger partial charge in [-0.1, -0.05) is 68.4 Å². The molecular weight excluding hydrogens is 789 g/mol. The first-order valence-electron chi connectivity index (χ1n) is 19.7. The van der Waals surface area contributed by atoms with E-state index in [2.05, 4.69) is 62.0 Å². The molecule has 2 aliphatic heterocycles. The van der Waals surface area contributed by atoms with Crippen molar-refractivity contribution in [3.8, 4) is 32.3 Å². The largest absolute Gasteiger partial charge is 0.453 e. The van der Waals surface area contributed by atoms with Crippen molar-refractivity contribution in [1.82, 2.24) is 40.4 Å². The third-order valence-electron chi connectivity index (χ3n) is 11.1. The molecule has 0 spiro atoms. The number of aromatic amines is 2. The number of nitrogens with zero attached hydrogens (tertiary/aromatic N) is 4. The van der Waals surface area contributed by atoms with E-state index in [1.165, 1.54) is 23.6 Å². The second kappa shape index (κ2) is 17.1. The molecule has 16 heteroatoms. The van der Waals surface area contributed by atoms with Gasteiger partial charge in [-0.25, -0.2) is 19.6 Å². The van der Waals surface area contributed by atoms with Gasteiger partial charge in [-0.3, -0.25) is 9.59 Å². The summed E-state index contributed by atoms with van der Waals surface area (Å²) in [5.74, 6) is 1.01. The standard InChI is InChI=1S/C43H46N8O6S2/c1-24(2)36(48-42(54)56-3)40(52)50-18-8-12-30(50)38-44-22-28(46-38)25-14-16-26(17-15-25)32-20-34-35(58-32)21-33(59-34)29-23-45-39(47-29)31-13-9-19-51(31)41(53)37(49-43(55)57-4)27-10-6-5-7-11-27/h5-7,10-11,14-17,20-24,30-31,36-37H,8-9,12-13,18-19H2,1-4H3,(H,44,46)(H,45,47)(H,48,54)(H,49,55)/t30-,31?,36-,37+/m0/s1. The molecule has 14 nitrogen and oxygen atoms in total. The third-order valence-corrected chi connectivity index (χ3v) is 13.4. The van der Waals surface area contributed by atoms with Gasteiger partial charge in [0.25, 0.3) is 5.91 Å². The van der Waals surface area contributed by atoms with Crippen LogP contribution in [0.15, 0.2) is 79.1 Å². The van der Waals surface area contributed by atoms with Crippen molar-refractivity contribution in [3.63, 3.8) is 0 Å². The monoisotopic (exact) mass is 834 g/mol. The zero-order valence-electron chi connectivity index (χ0n) is 33.2. The maximum absolute atomic E-state index is 13.9. The Balaban J connectivity index is 0.936. The number of hydrogen-bond acceptors (Lipinski definition) is 10. The molecule has 8 rings (SSSR count). The molecule has 4 amide bonds. The molecule has 4 atom stereocenters. The van der Waals surface area contributed by atoms with E-state index in [1.54, 1.807) is 27.6 Å². The zero-order valence-corrected chi connectivity index (χ0v) is 34.8. The van der Waals surface area contributed by atoms with Crippen molar-refractivity contribution in [3.05, 3.63) is 96.3 Å². The lowest BCUT2D eigenvalue weighted by Crippen LogP contribution is -2.51. The van der Waals surface area contributed by atoms with E-state index in [4.69, 9.17) is 14.5 Å². The normalized spacial score (nSPS) is 17.6. The van der Waals surface area contributed by atoms with Crippen LogP contribution in [0.3, 0.4) is 0 Å². The number of nitrogens with one attached hydrogen (secondary N) is 4. The topological polar surface area (TPSA) is 175 Å². The number of alkyl carbamates (subject to hydrolysis) is 2. The van der Waals surface area contributed by atoms with Gasteiger partial charge in [0.05, 0.1) is 48.8 Å². The number of carbonyl (C=O) groups is 4. The molecule has 0 radical (unpaired) electrons. The molecule has 2 aliphatic rings. The molecule has 2 saturated heterocycles. The van der Waals surface area contributed by atoms with Gasteiger partial charge in [0.1, 0.15) is 23.7 Å². The van der Waals surface area contributed by atoms with Crippen LogP contribution < -0.4 is 10.6 Å². The summed E-state index contributed by atoms with van der Waals surface area (Å²) in [7, 11) is 2.58. The van der Waals surface area contributed by atoms with Crippen molar-refractivity contribution >= 4 is 56.1 Å². The van der Waals surface area contributed by atoms with Gasteiger partial charge < -0.3 is 39.9 Å². The first kappa shape index (κ1) is 39.8. The van der Waals surface area contributed by atoms with Crippen LogP contribution in [0.1, 0.15) is 74.9 Å². The molecule has 4 aromatic heterocycles. The zero-order chi connectivity index (χ0) is 41.2. The second-order valence-corrected chi connectivity index (χ2v) is 17.3. The Hall–Kier alpha value is -6.00. The average Bonchev–Trinajstić information content (AvgIpc) is 4.10. The molecule has 0 bridgehead atoms. The highest BCUT2D eigenvalue weighted by Crippen LogP contribution is 2.43. The van der Waals surface area contributed by atoms with Crippen molar-refractivity contribution in [1.29, 1.82) is 0 Å². The third kappa shape index (κ3) is 8.19. The highest BCUT2D eigenvalue weighted by atomic mass is 32.1. The predicted molar refractivity (Wildman–Crippen MR) is 227 cm³/mol. The van der Waals surface area contributed by atoms with Gasteiger partial charge >= 0.3 is 12.2 Å². The molecule has 4 N–H and O–H groups in total. The van der Waals surface area contributed by atoms with Gasteiger partial charge in [-0.05, 0) is 60.4 Å². The molecule has 59 heavy (non-hydrogen) atoms. The fourth-order valence-corrected chi connectivity index (χ4v) is 10.4. The molecule has 6 aromatic rings. The fourth-order valence-electron chi connectivity index (χ4n) is 7.99. The molecule has 2 fully saturated rings. The molecule has 0 saturated carbocycles. The van der Waals surface area contributed by atoms with Crippen LogP contribution in [-0.4, -0.2) is 87.1 Å². The summed E-state index contributed by atoms with van der Waals surface area (Å²) in [6.07, 6.45) is 5.65. The van der Waals surface area contributed by atoms with Crippen LogP contribution in [0.25, 0.3) is 41.7 Å². The van der Waals surface area contributed by atoms with Crippen LogP contribution in [-0.2, 0) is 19.1 Å². The first-order chi connectivity index (χ1) is 28.6. The van der Waals surface area contributed by atoms with Gasteiger partial charge in [0, 0.05) is 33.6 Å². The van der Waals surface area contributed by atoms with E-state index in [-0.39, 0.29) is 29.8 Å². The van der Waals surface area contributed by atoms with Gasteiger partial charge in [0.2, 0.25) is 5.91 Å².